The third-order valence-corrected chi connectivity index (χ3v) is 2.55. The molecule has 1 rings (SSSR count). The monoisotopic (exact) mass is 395 g/mol. The number of aliphatic hydroxyl groups excluding tert-OH is 1. The summed E-state index contributed by atoms with van der Waals surface area (Å²) < 4.78 is 10.4. The predicted molar refractivity (Wildman–Crippen MR) is 91.3 cm³/mol. The minimum atomic E-state index is 0. The Kier molecular flexibility index (Phi) is 9.06. The molecule has 0 bridgehead atoms. The fourth-order valence-corrected chi connectivity index (χ4v) is 1.40. The van der Waals surface area contributed by atoms with Gasteiger partial charge >= 0.3 is 0 Å². The lowest BCUT2D eigenvalue weighted by Gasteiger charge is -2.12. The van der Waals surface area contributed by atoms with Crippen LogP contribution in [0.4, 0.5) is 5.69 Å². The molecule has 0 saturated heterocycles. The molecule has 6 nitrogen and oxygen atoms in total. The molecular formula is C13H22IN3O3. The normalized spacial score (nSPS) is 12.3. The summed E-state index contributed by atoms with van der Waals surface area (Å²) in [5, 5.41) is 11.9. The Morgan fingerprint density at radius 3 is 2.65 bits per heavy atom. The lowest BCUT2D eigenvalue weighted by molar-refractivity contribution is 0.242. The zero-order chi connectivity index (χ0) is 14.3. The van der Waals surface area contributed by atoms with E-state index in [9.17, 15) is 0 Å². The van der Waals surface area contributed by atoms with Gasteiger partial charge in [-0.15, -0.1) is 24.0 Å². The first kappa shape index (κ1) is 18.8. The highest BCUT2D eigenvalue weighted by Crippen LogP contribution is 2.28. The first-order valence-electron chi connectivity index (χ1n) is 6.00. The van der Waals surface area contributed by atoms with Crippen LogP contribution in [0.5, 0.6) is 11.5 Å². The fourth-order valence-electron chi connectivity index (χ4n) is 1.40. The van der Waals surface area contributed by atoms with Gasteiger partial charge in [-0.2, -0.15) is 0 Å². The molecule has 7 heteroatoms. The molecule has 1 aromatic carbocycles. The molecular weight excluding hydrogens is 373 g/mol. The Hall–Kier alpha value is -1.22. The van der Waals surface area contributed by atoms with Crippen LogP contribution in [0.15, 0.2) is 23.2 Å². The molecule has 20 heavy (non-hydrogen) atoms. The van der Waals surface area contributed by atoms with Gasteiger partial charge in [0.15, 0.2) is 5.96 Å². The van der Waals surface area contributed by atoms with Crippen LogP contribution in [0.25, 0.3) is 0 Å². The molecule has 114 valence electrons. The van der Waals surface area contributed by atoms with Gasteiger partial charge in [0.05, 0.1) is 19.9 Å². The van der Waals surface area contributed by atoms with E-state index in [1.54, 1.807) is 32.4 Å². The molecule has 1 atom stereocenters. The molecule has 0 saturated carbocycles. The molecule has 1 aromatic rings. The summed E-state index contributed by atoms with van der Waals surface area (Å²) in [7, 11) is 3.17. The molecule has 0 fully saturated rings. The molecule has 0 aliphatic rings. The van der Waals surface area contributed by atoms with Gasteiger partial charge in [-0.1, -0.05) is 6.92 Å². The minimum absolute atomic E-state index is 0. The average molecular weight is 395 g/mol. The van der Waals surface area contributed by atoms with E-state index in [1.165, 1.54) is 0 Å². The van der Waals surface area contributed by atoms with Crippen LogP contribution in [-0.2, 0) is 0 Å². The van der Waals surface area contributed by atoms with Crippen molar-refractivity contribution in [1.82, 2.24) is 0 Å². The zero-order valence-corrected chi connectivity index (χ0v) is 14.3. The third kappa shape index (κ3) is 5.83. The van der Waals surface area contributed by atoms with Crippen molar-refractivity contribution >= 4 is 35.6 Å². The summed E-state index contributed by atoms with van der Waals surface area (Å²) in [6.07, 6.45) is 0. The van der Waals surface area contributed by atoms with Crippen molar-refractivity contribution < 1.29 is 14.6 Å². The number of benzene rings is 1. The Labute approximate surface area is 136 Å². The topological polar surface area (TPSA) is 89.1 Å². The van der Waals surface area contributed by atoms with Gasteiger partial charge in [0.25, 0.3) is 0 Å². The van der Waals surface area contributed by atoms with Crippen molar-refractivity contribution in [1.29, 1.82) is 0 Å². The quantitative estimate of drug-likeness (QED) is 0.388. The SMILES string of the molecule is COc1ccc(OC)c(NC(N)=NCC(C)CO)c1.I. The van der Waals surface area contributed by atoms with E-state index in [1.807, 2.05) is 6.92 Å². The number of methoxy groups -OCH3 is 2. The number of nitrogens with zero attached hydrogens (tertiary/aromatic N) is 1. The van der Waals surface area contributed by atoms with E-state index in [0.29, 0.717) is 23.7 Å². The number of aliphatic imine (C=N–C) groups is 1. The van der Waals surface area contributed by atoms with Crippen LogP contribution in [-0.4, -0.2) is 38.4 Å². The van der Waals surface area contributed by atoms with E-state index < -0.39 is 0 Å². The number of hydrogen-bond donors (Lipinski definition) is 3. The lowest BCUT2D eigenvalue weighted by Crippen LogP contribution is -2.24. The van der Waals surface area contributed by atoms with Gasteiger partial charge in [-0.25, -0.2) is 0 Å². The molecule has 0 aliphatic heterocycles. The van der Waals surface area contributed by atoms with Gasteiger partial charge in [0.2, 0.25) is 0 Å². The molecule has 0 amide bonds. The predicted octanol–water partition coefficient (Wildman–Crippen LogP) is 1.68. The number of halogens is 1. The molecule has 0 spiro atoms. The molecule has 1 unspecified atom stereocenters. The van der Waals surface area contributed by atoms with Gasteiger partial charge in [-0.05, 0) is 18.1 Å². The third-order valence-electron chi connectivity index (χ3n) is 2.55. The van der Waals surface area contributed by atoms with Crippen LogP contribution < -0.4 is 20.5 Å². The first-order chi connectivity index (χ1) is 9.10. The van der Waals surface area contributed by atoms with E-state index in [2.05, 4.69) is 10.3 Å². The number of hydrogen-bond acceptors (Lipinski definition) is 4. The standard InChI is InChI=1S/C13H21N3O3.HI/c1-9(8-17)7-15-13(14)16-11-6-10(18-2)4-5-12(11)19-3;/h4-6,9,17H,7-8H2,1-3H3,(H3,14,15,16);1H. The first-order valence-corrected chi connectivity index (χ1v) is 6.00. The van der Waals surface area contributed by atoms with Crippen LogP contribution in [0, 0.1) is 5.92 Å². The summed E-state index contributed by atoms with van der Waals surface area (Å²) in [4.78, 5) is 4.15. The van der Waals surface area contributed by atoms with Gasteiger partial charge in [0.1, 0.15) is 11.5 Å². The van der Waals surface area contributed by atoms with Crippen molar-refractivity contribution in [2.75, 3.05) is 32.7 Å². The van der Waals surface area contributed by atoms with Crippen molar-refractivity contribution in [3.05, 3.63) is 18.2 Å². The molecule has 0 radical (unpaired) electrons. The largest absolute Gasteiger partial charge is 0.497 e. The van der Waals surface area contributed by atoms with Crippen LogP contribution in [0.3, 0.4) is 0 Å². The smallest absolute Gasteiger partial charge is 0.193 e. The Balaban J connectivity index is 0.00000361. The highest BCUT2D eigenvalue weighted by Gasteiger charge is 2.06. The van der Waals surface area contributed by atoms with Crippen LogP contribution >= 0.6 is 24.0 Å². The Morgan fingerprint density at radius 1 is 1.40 bits per heavy atom. The van der Waals surface area contributed by atoms with E-state index in [4.69, 9.17) is 20.3 Å². The van der Waals surface area contributed by atoms with Gasteiger partial charge in [-0.3, -0.25) is 4.99 Å². The second-order valence-electron chi connectivity index (χ2n) is 4.20. The van der Waals surface area contributed by atoms with Gasteiger partial charge in [0, 0.05) is 19.2 Å². The zero-order valence-electron chi connectivity index (χ0n) is 11.9. The fraction of sp³-hybridized carbons (Fsp3) is 0.462. The molecule has 0 aliphatic carbocycles. The number of ether oxygens (including phenoxy) is 2. The summed E-state index contributed by atoms with van der Waals surface area (Å²) in [5.41, 5.74) is 6.47. The van der Waals surface area contributed by atoms with E-state index in [-0.39, 0.29) is 42.5 Å². The van der Waals surface area contributed by atoms with E-state index >= 15 is 0 Å². The summed E-state index contributed by atoms with van der Waals surface area (Å²) in [5.74, 6) is 1.69. The molecule has 0 heterocycles. The minimum Gasteiger partial charge on any atom is -0.497 e. The van der Waals surface area contributed by atoms with Crippen molar-refractivity contribution in [2.45, 2.75) is 6.92 Å². The average Bonchev–Trinajstić information content (AvgIpc) is 2.44. The number of aliphatic hydroxyl groups is 1. The summed E-state index contributed by atoms with van der Waals surface area (Å²) >= 11 is 0. The highest BCUT2D eigenvalue weighted by molar-refractivity contribution is 14.0. The van der Waals surface area contributed by atoms with Gasteiger partial charge < -0.3 is 25.6 Å². The second kappa shape index (κ2) is 9.65. The van der Waals surface area contributed by atoms with Crippen LogP contribution in [0.2, 0.25) is 0 Å². The maximum atomic E-state index is 8.92. The molecule has 0 aromatic heterocycles. The summed E-state index contributed by atoms with van der Waals surface area (Å²) in [6.45, 7) is 2.43. The summed E-state index contributed by atoms with van der Waals surface area (Å²) in [6, 6.07) is 5.35. The molecule has 4 N–H and O–H groups in total. The van der Waals surface area contributed by atoms with E-state index in [0.717, 1.165) is 0 Å². The lowest BCUT2D eigenvalue weighted by atomic mass is 10.2. The van der Waals surface area contributed by atoms with Crippen molar-refractivity contribution in [3.8, 4) is 11.5 Å². The Morgan fingerprint density at radius 2 is 2.10 bits per heavy atom. The second-order valence-corrected chi connectivity index (χ2v) is 4.20. The highest BCUT2D eigenvalue weighted by atomic mass is 127. The number of nitrogens with one attached hydrogen (secondary N) is 1. The number of nitrogens with two attached hydrogens (primary N) is 1. The Bertz CT molecular complexity index is 441. The maximum Gasteiger partial charge on any atom is 0.193 e. The van der Waals surface area contributed by atoms with Crippen molar-refractivity contribution in [3.63, 3.8) is 0 Å². The van der Waals surface area contributed by atoms with Crippen molar-refractivity contribution in [2.24, 2.45) is 16.6 Å². The number of anilines is 1. The number of guanidine groups is 1. The number of rotatable bonds is 6. The maximum absolute atomic E-state index is 8.92. The van der Waals surface area contributed by atoms with Crippen LogP contribution in [0.1, 0.15) is 6.92 Å².